The molecule has 5 heteroatoms. The Morgan fingerprint density at radius 2 is 1.81 bits per heavy atom. The first-order valence-corrected chi connectivity index (χ1v) is 8.60. The maximum absolute atomic E-state index is 11.9. The zero-order valence-electron chi connectivity index (χ0n) is 11.9. The van der Waals surface area contributed by atoms with Gasteiger partial charge in [0, 0.05) is 19.3 Å². The fraction of sp³-hybridized carbons (Fsp3) is 0.250. The van der Waals surface area contributed by atoms with Crippen LogP contribution >= 0.6 is 0 Å². The van der Waals surface area contributed by atoms with Crippen LogP contribution in [-0.2, 0) is 10.0 Å². The second-order valence-electron chi connectivity index (χ2n) is 5.12. The Kier molecular flexibility index (Phi) is 3.59. The SMILES string of the molecule is CNc1cccc(-c2ccc(N3CCCS3(=O)=O)cc2)c1. The van der Waals surface area contributed by atoms with Crippen molar-refractivity contribution < 1.29 is 8.42 Å². The van der Waals surface area contributed by atoms with Crippen molar-refractivity contribution in [2.45, 2.75) is 6.42 Å². The van der Waals surface area contributed by atoms with Crippen molar-refractivity contribution in [2.24, 2.45) is 0 Å². The van der Waals surface area contributed by atoms with Crippen molar-refractivity contribution in [3.05, 3.63) is 48.5 Å². The first-order valence-electron chi connectivity index (χ1n) is 6.99. The summed E-state index contributed by atoms with van der Waals surface area (Å²) in [4.78, 5) is 0. The van der Waals surface area contributed by atoms with Gasteiger partial charge in [-0.3, -0.25) is 4.31 Å². The maximum Gasteiger partial charge on any atom is 0.235 e. The minimum Gasteiger partial charge on any atom is -0.388 e. The van der Waals surface area contributed by atoms with Crippen LogP contribution in [0.15, 0.2) is 48.5 Å². The summed E-state index contributed by atoms with van der Waals surface area (Å²) in [5, 5.41) is 3.12. The van der Waals surface area contributed by atoms with Gasteiger partial charge in [0.25, 0.3) is 0 Å². The van der Waals surface area contributed by atoms with E-state index in [1.807, 2.05) is 49.5 Å². The summed E-state index contributed by atoms with van der Waals surface area (Å²) in [6.07, 6.45) is 0.703. The molecule has 0 spiro atoms. The van der Waals surface area contributed by atoms with E-state index in [0.717, 1.165) is 22.5 Å². The van der Waals surface area contributed by atoms with Gasteiger partial charge in [-0.2, -0.15) is 0 Å². The summed E-state index contributed by atoms with van der Waals surface area (Å²) in [6, 6.07) is 15.8. The summed E-state index contributed by atoms with van der Waals surface area (Å²) in [7, 11) is -1.22. The van der Waals surface area contributed by atoms with E-state index >= 15 is 0 Å². The molecule has 110 valence electrons. The molecule has 0 amide bonds. The normalized spacial score (nSPS) is 16.9. The maximum atomic E-state index is 11.9. The molecule has 0 aromatic heterocycles. The minimum absolute atomic E-state index is 0.249. The first kappa shape index (κ1) is 13.9. The van der Waals surface area contributed by atoms with E-state index in [2.05, 4.69) is 11.4 Å². The molecule has 0 bridgehead atoms. The summed E-state index contributed by atoms with van der Waals surface area (Å²) in [5.41, 5.74) is 3.99. The second-order valence-corrected chi connectivity index (χ2v) is 7.13. The van der Waals surface area contributed by atoms with Gasteiger partial charge in [0.05, 0.1) is 11.4 Å². The van der Waals surface area contributed by atoms with E-state index < -0.39 is 10.0 Å². The highest BCUT2D eigenvalue weighted by molar-refractivity contribution is 7.93. The van der Waals surface area contributed by atoms with Crippen LogP contribution in [0.3, 0.4) is 0 Å². The first-order chi connectivity index (χ1) is 10.1. The zero-order valence-corrected chi connectivity index (χ0v) is 12.7. The number of sulfonamides is 1. The lowest BCUT2D eigenvalue weighted by Crippen LogP contribution is -2.24. The van der Waals surface area contributed by atoms with E-state index in [0.29, 0.717) is 13.0 Å². The molecule has 0 atom stereocenters. The average Bonchev–Trinajstić information content (AvgIpc) is 2.87. The van der Waals surface area contributed by atoms with Gasteiger partial charge in [-0.25, -0.2) is 8.42 Å². The summed E-state index contributed by atoms with van der Waals surface area (Å²) < 4.78 is 25.3. The number of rotatable bonds is 3. The molecule has 4 nitrogen and oxygen atoms in total. The van der Waals surface area contributed by atoms with Crippen LogP contribution in [0.4, 0.5) is 11.4 Å². The van der Waals surface area contributed by atoms with Crippen molar-refractivity contribution in [3.63, 3.8) is 0 Å². The predicted molar refractivity (Wildman–Crippen MR) is 87.2 cm³/mol. The van der Waals surface area contributed by atoms with Crippen LogP contribution in [-0.4, -0.2) is 27.8 Å². The fourth-order valence-corrected chi connectivity index (χ4v) is 4.17. The monoisotopic (exact) mass is 302 g/mol. The average molecular weight is 302 g/mol. The van der Waals surface area contributed by atoms with Gasteiger partial charge < -0.3 is 5.32 Å². The summed E-state index contributed by atoms with van der Waals surface area (Å²) in [6.45, 7) is 0.580. The molecule has 0 aliphatic carbocycles. The molecule has 1 N–H and O–H groups in total. The number of nitrogens with zero attached hydrogens (tertiary/aromatic N) is 1. The number of hydrogen-bond acceptors (Lipinski definition) is 3. The number of benzene rings is 2. The number of nitrogens with one attached hydrogen (secondary N) is 1. The van der Waals surface area contributed by atoms with E-state index in [9.17, 15) is 8.42 Å². The van der Waals surface area contributed by atoms with Gasteiger partial charge in [-0.15, -0.1) is 0 Å². The molecular weight excluding hydrogens is 284 g/mol. The Hall–Kier alpha value is -2.01. The fourth-order valence-electron chi connectivity index (χ4n) is 2.60. The topological polar surface area (TPSA) is 49.4 Å². The summed E-state index contributed by atoms with van der Waals surface area (Å²) >= 11 is 0. The van der Waals surface area contributed by atoms with Crippen LogP contribution in [0.2, 0.25) is 0 Å². The third-order valence-electron chi connectivity index (χ3n) is 3.74. The molecule has 1 aliphatic rings. The van der Waals surface area contributed by atoms with Crippen molar-refractivity contribution >= 4 is 21.4 Å². The molecule has 21 heavy (non-hydrogen) atoms. The van der Waals surface area contributed by atoms with E-state index in [-0.39, 0.29) is 5.75 Å². The molecule has 2 aromatic rings. The summed E-state index contributed by atoms with van der Waals surface area (Å²) in [5.74, 6) is 0.249. The van der Waals surface area contributed by atoms with E-state index in [1.165, 1.54) is 4.31 Å². The Balaban J connectivity index is 1.90. The number of anilines is 2. The Labute approximate surface area is 125 Å². The Morgan fingerprint density at radius 1 is 1.05 bits per heavy atom. The predicted octanol–water partition coefficient (Wildman–Crippen LogP) is 2.94. The molecule has 0 unspecified atom stereocenters. The second kappa shape index (κ2) is 5.41. The van der Waals surface area contributed by atoms with E-state index in [4.69, 9.17) is 0 Å². The van der Waals surface area contributed by atoms with Crippen molar-refractivity contribution in [3.8, 4) is 11.1 Å². The number of hydrogen-bond donors (Lipinski definition) is 1. The highest BCUT2D eigenvalue weighted by Crippen LogP contribution is 2.28. The Bertz CT molecular complexity index is 739. The molecule has 0 radical (unpaired) electrons. The molecule has 0 saturated carbocycles. The van der Waals surface area contributed by atoms with Crippen LogP contribution in [0.5, 0.6) is 0 Å². The smallest absolute Gasteiger partial charge is 0.235 e. The lowest BCUT2D eigenvalue weighted by molar-refractivity contribution is 0.599. The molecule has 3 rings (SSSR count). The molecule has 1 saturated heterocycles. The zero-order chi connectivity index (χ0) is 14.9. The van der Waals surface area contributed by atoms with Gasteiger partial charge in [-0.05, 0) is 41.8 Å². The van der Waals surface area contributed by atoms with Crippen LogP contribution in [0, 0.1) is 0 Å². The van der Waals surface area contributed by atoms with Crippen molar-refractivity contribution in [2.75, 3.05) is 29.0 Å². The standard InChI is InChI=1S/C16H18N2O2S/c1-17-15-5-2-4-14(12-15)13-6-8-16(9-7-13)18-10-3-11-21(18,19)20/h2,4-9,12,17H,3,10-11H2,1H3. The highest BCUT2D eigenvalue weighted by atomic mass is 32.2. The van der Waals surface area contributed by atoms with Crippen LogP contribution in [0.1, 0.15) is 6.42 Å². The van der Waals surface area contributed by atoms with Crippen molar-refractivity contribution in [1.29, 1.82) is 0 Å². The van der Waals surface area contributed by atoms with Gasteiger partial charge in [0.15, 0.2) is 0 Å². The Morgan fingerprint density at radius 3 is 2.43 bits per heavy atom. The minimum atomic E-state index is -3.10. The lowest BCUT2D eigenvalue weighted by Gasteiger charge is -2.17. The highest BCUT2D eigenvalue weighted by Gasteiger charge is 2.28. The third-order valence-corrected chi connectivity index (χ3v) is 5.61. The van der Waals surface area contributed by atoms with Crippen LogP contribution in [0.25, 0.3) is 11.1 Å². The molecule has 2 aromatic carbocycles. The molecule has 1 aliphatic heterocycles. The van der Waals surface area contributed by atoms with Gasteiger partial charge in [-0.1, -0.05) is 24.3 Å². The van der Waals surface area contributed by atoms with Gasteiger partial charge >= 0.3 is 0 Å². The molecule has 1 heterocycles. The van der Waals surface area contributed by atoms with Crippen LogP contribution < -0.4 is 9.62 Å². The van der Waals surface area contributed by atoms with Crippen molar-refractivity contribution in [1.82, 2.24) is 0 Å². The van der Waals surface area contributed by atoms with Gasteiger partial charge in [0.2, 0.25) is 10.0 Å². The molecule has 1 fully saturated rings. The lowest BCUT2D eigenvalue weighted by atomic mass is 10.0. The largest absolute Gasteiger partial charge is 0.388 e. The van der Waals surface area contributed by atoms with E-state index in [1.54, 1.807) is 0 Å². The molecular formula is C16H18N2O2S. The quantitative estimate of drug-likeness (QED) is 0.948. The third kappa shape index (κ3) is 2.74. The van der Waals surface area contributed by atoms with Gasteiger partial charge in [0.1, 0.15) is 0 Å².